The van der Waals surface area contributed by atoms with E-state index in [1.54, 1.807) is 0 Å². The van der Waals surface area contributed by atoms with Gasteiger partial charge in [-0.1, -0.05) is 20.8 Å². The Kier molecular flexibility index (Phi) is 7.82. The molecule has 1 atom stereocenters. The van der Waals surface area contributed by atoms with Crippen molar-refractivity contribution in [3.8, 4) is 0 Å². The van der Waals surface area contributed by atoms with Crippen molar-refractivity contribution in [3.05, 3.63) is 0 Å². The van der Waals surface area contributed by atoms with Crippen LogP contribution in [0.5, 0.6) is 0 Å². The number of guanidine groups is 1. The fraction of sp³-hybridized carbons (Fsp3) is 0.929. The van der Waals surface area contributed by atoms with Gasteiger partial charge in [0.1, 0.15) is 0 Å². The van der Waals surface area contributed by atoms with Crippen molar-refractivity contribution in [1.29, 1.82) is 0 Å². The Labute approximate surface area is 117 Å². The molecule has 112 valence electrons. The Bertz CT molecular complexity index is 262. The maximum Gasteiger partial charge on any atom is 0.190 e. The first kappa shape index (κ1) is 16.2. The summed E-state index contributed by atoms with van der Waals surface area (Å²) in [7, 11) is 1.82. The number of hydrogen-bond donors (Lipinski definition) is 2. The molecule has 1 saturated heterocycles. The topological polar surface area (TPSA) is 48.9 Å². The molecule has 1 unspecified atom stereocenters. The van der Waals surface area contributed by atoms with Crippen LogP contribution in [0.25, 0.3) is 0 Å². The second kappa shape index (κ2) is 9.15. The molecule has 1 aliphatic heterocycles. The fourth-order valence-corrected chi connectivity index (χ4v) is 2.08. The van der Waals surface area contributed by atoms with Gasteiger partial charge in [-0.15, -0.1) is 0 Å². The molecule has 0 radical (unpaired) electrons. The van der Waals surface area contributed by atoms with Crippen molar-refractivity contribution in [1.82, 2.24) is 15.5 Å². The molecule has 5 nitrogen and oxygen atoms in total. The van der Waals surface area contributed by atoms with Crippen LogP contribution in [-0.2, 0) is 4.74 Å². The first-order valence-electron chi connectivity index (χ1n) is 7.36. The maximum absolute atomic E-state index is 5.36. The Morgan fingerprint density at radius 2 is 1.79 bits per heavy atom. The Morgan fingerprint density at radius 1 is 1.16 bits per heavy atom. The molecule has 0 amide bonds. The smallest absolute Gasteiger partial charge is 0.190 e. The summed E-state index contributed by atoms with van der Waals surface area (Å²) in [6, 6.07) is 0. The summed E-state index contributed by atoms with van der Waals surface area (Å²) in [6.07, 6.45) is 0. The van der Waals surface area contributed by atoms with E-state index in [9.17, 15) is 0 Å². The van der Waals surface area contributed by atoms with Crippen LogP contribution in [0.3, 0.4) is 0 Å². The van der Waals surface area contributed by atoms with Gasteiger partial charge in [-0.05, 0) is 11.8 Å². The van der Waals surface area contributed by atoms with Crippen LogP contribution in [0, 0.1) is 11.8 Å². The van der Waals surface area contributed by atoms with Crippen molar-refractivity contribution in [2.45, 2.75) is 20.8 Å². The van der Waals surface area contributed by atoms with Gasteiger partial charge in [0.15, 0.2) is 5.96 Å². The van der Waals surface area contributed by atoms with E-state index in [1.807, 2.05) is 7.05 Å². The molecule has 1 aliphatic rings. The van der Waals surface area contributed by atoms with Crippen LogP contribution in [-0.4, -0.2) is 63.8 Å². The first-order valence-corrected chi connectivity index (χ1v) is 7.36. The molecule has 2 N–H and O–H groups in total. The zero-order valence-corrected chi connectivity index (χ0v) is 12.9. The number of nitrogens with zero attached hydrogens (tertiary/aromatic N) is 2. The summed E-state index contributed by atoms with van der Waals surface area (Å²) in [4.78, 5) is 6.71. The first-order chi connectivity index (χ1) is 9.11. The van der Waals surface area contributed by atoms with Crippen molar-refractivity contribution in [3.63, 3.8) is 0 Å². The second-order valence-corrected chi connectivity index (χ2v) is 5.75. The fourth-order valence-electron chi connectivity index (χ4n) is 2.08. The minimum absolute atomic E-state index is 0.607. The van der Waals surface area contributed by atoms with Crippen LogP contribution in [0.15, 0.2) is 4.99 Å². The molecular formula is C14H30N4O. The van der Waals surface area contributed by atoms with E-state index in [0.29, 0.717) is 11.8 Å². The highest BCUT2D eigenvalue weighted by Gasteiger charge is 2.13. The lowest BCUT2D eigenvalue weighted by molar-refractivity contribution is 0.0320. The van der Waals surface area contributed by atoms with E-state index in [2.05, 4.69) is 41.3 Å². The molecule has 0 aromatic heterocycles. The highest BCUT2D eigenvalue weighted by atomic mass is 16.5. The van der Waals surface area contributed by atoms with Crippen molar-refractivity contribution < 1.29 is 4.74 Å². The predicted octanol–water partition coefficient (Wildman–Crippen LogP) is 0.776. The van der Waals surface area contributed by atoms with Crippen LogP contribution < -0.4 is 10.6 Å². The average molecular weight is 270 g/mol. The minimum Gasteiger partial charge on any atom is -0.379 e. The highest BCUT2D eigenvalue weighted by molar-refractivity contribution is 5.79. The molecule has 19 heavy (non-hydrogen) atoms. The van der Waals surface area contributed by atoms with Crippen LogP contribution in [0.4, 0.5) is 0 Å². The number of hydrogen-bond acceptors (Lipinski definition) is 3. The quantitative estimate of drug-likeness (QED) is 0.553. The minimum atomic E-state index is 0.607. The Morgan fingerprint density at radius 3 is 2.37 bits per heavy atom. The predicted molar refractivity (Wildman–Crippen MR) is 80.6 cm³/mol. The largest absolute Gasteiger partial charge is 0.379 e. The summed E-state index contributed by atoms with van der Waals surface area (Å²) < 4.78 is 5.36. The molecule has 1 heterocycles. The lowest BCUT2D eigenvalue weighted by Crippen LogP contribution is -2.44. The summed E-state index contributed by atoms with van der Waals surface area (Å²) in [6.45, 7) is 13.6. The second-order valence-electron chi connectivity index (χ2n) is 5.75. The van der Waals surface area contributed by atoms with E-state index < -0.39 is 0 Å². The molecule has 0 aromatic carbocycles. The number of morpholine rings is 1. The van der Waals surface area contributed by atoms with E-state index in [0.717, 1.165) is 51.9 Å². The monoisotopic (exact) mass is 270 g/mol. The van der Waals surface area contributed by atoms with Gasteiger partial charge in [0.2, 0.25) is 0 Å². The molecule has 0 aromatic rings. The summed E-state index contributed by atoms with van der Waals surface area (Å²) in [5, 5.41) is 6.73. The molecule has 1 rings (SSSR count). The third-order valence-electron chi connectivity index (χ3n) is 3.19. The Hall–Kier alpha value is -0.810. The van der Waals surface area contributed by atoms with Gasteiger partial charge in [-0.25, -0.2) is 0 Å². The van der Waals surface area contributed by atoms with Gasteiger partial charge in [-0.2, -0.15) is 0 Å². The highest BCUT2D eigenvalue weighted by Crippen LogP contribution is 2.02. The zero-order valence-electron chi connectivity index (χ0n) is 12.9. The molecule has 0 bridgehead atoms. The lowest BCUT2D eigenvalue weighted by atomic mass is 10.1. The van der Waals surface area contributed by atoms with Gasteiger partial charge in [-0.3, -0.25) is 9.89 Å². The SMILES string of the molecule is CN=C(NCC(C)C)NCC(C)CN1CCOCC1. The molecule has 0 spiro atoms. The van der Waals surface area contributed by atoms with E-state index in [1.165, 1.54) is 0 Å². The summed E-state index contributed by atoms with van der Waals surface area (Å²) in [5.74, 6) is 2.14. The number of rotatable bonds is 6. The van der Waals surface area contributed by atoms with Gasteiger partial charge >= 0.3 is 0 Å². The van der Waals surface area contributed by atoms with E-state index in [-0.39, 0.29) is 0 Å². The van der Waals surface area contributed by atoms with Crippen LogP contribution in [0.1, 0.15) is 20.8 Å². The van der Waals surface area contributed by atoms with Crippen molar-refractivity contribution in [2.75, 3.05) is 53.0 Å². The average Bonchev–Trinajstić information content (AvgIpc) is 2.39. The normalized spacial score (nSPS) is 19.5. The number of ether oxygens (including phenoxy) is 1. The standard InChI is InChI=1S/C14H30N4O/c1-12(2)9-16-14(15-4)17-10-13(3)11-18-5-7-19-8-6-18/h12-13H,5-11H2,1-4H3,(H2,15,16,17). The van der Waals surface area contributed by atoms with Gasteiger partial charge in [0.05, 0.1) is 13.2 Å². The van der Waals surface area contributed by atoms with E-state index >= 15 is 0 Å². The summed E-state index contributed by atoms with van der Waals surface area (Å²) >= 11 is 0. The molecule has 1 fully saturated rings. The maximum atomic E-state index is 5.36. The van der Waals surface area contributed by atoms with E-state index in [4.69, 9.17) is 4.74 Å². The third kappa shape index (κ3) is 7.38. The van der Waals surface area contributed by atoms with Crippen molar-refractivity contribution in [2.24, 2.45) is 16.8 Å². The van der Waals surface area contributed by atoms with Crippen LogP contribution >= 0.6 is 0 Å². The summed E-state index contributed by atoms with van der Waals surface area (Å²) in [5.41, 5.74) is 0. The molecule has 5 heteroatoms. The molecule has 0 saturated carbocycles. The van der Waals surface area contributed by atoms with Gasteiger partial charge in [0.25, 0.3) is 0 Å². The molecular weight excluding hydrogens is 240 g/mol. The number of nitrogens with one attached hydrogen (secondary N) is 2. The molecule has 0 aliphatic carbocycles. The third-order valence-corrected chi connectivity index (χ3v) is 3.19. The number of aliphatic imine (C=N–C) groups is 1. The van der Waals surface area contributed by atoms with Crippen LogP contribution in [0.2, 0.25) is 0 Å². The lowest BCUT2D eigenvalue weighted by Gasteiger charge is -2.29. The van der Waals surface area contributed by atoms with Gasteiger partial charge < -0.3 is 15.4 Å². The zero-order chi connectivity index (χ0) is 14.1. The Balaban J connectivity index is 2.18. The van der Waals surface area contributed by atoms with Gasteiger partial charge in [0, 0.05) is 39.8 Å². The van der Waals surface area contributed by atoms with Crippen molar-refractivity contribution >= 4 is 5.96 Å².